The van der Waals surface area contributed by atoms with Gasteiger partial charge in [-0.15, -0.1) is 0 Å². The molecule has 0 atom stereocenters. The van der Waals surface area contributed by atoms with Crippen molar-refractivity contribution >= 4 is 39.3 Å². The van der Waals surface area contributed by atoms with Crippen LogP contribution in [0.4, 0.5) is 0 Å². The average molecular weight is 306 g/mol. The Labute approximate surface area is 106 Å². The molecule has 1 aromatic carbocycles. The number of nitrogens with zero attached hydrogens (tertiary/aromatic N) is 1. The maximum Gasteiger partial charge on any atom is 0.254 e. The van der Waals surface area contributed by atoms with Crippen LogP contribution in [0.15, 0.2) is 22.7 Å². The maximum absolute atomic E-state index is 11.8. The fourth-order valence-corrected chi connectivity index (χ4v) is 2.06. The Morgan fingerprint density at radius 2 is 2.06 bits per heavy atom. The van der Waals surface area contributed by atoms with Crippen molar-refractivity contribution in [1.29, 1.82) is 0 Å². The summed E-state index contributed by atoms with van der Waals surface area (Å²) in [5.41, 5.74) is 5.41. The summed E-state index contributed by atoms with van der Waals surface area (Å²) in [5.74, 6) is -0.862. The molecule has 1 aromatic rings. The van der Waals surface area contributed by atoms with Gasteiger partial charge in [-0.3, -0.25) is 9.59 Å². The normalized spacial score (nSPS) is 9.94. The lowest BCUT2D eigenvalue weighted by molar-refractivity contribution is -0.118. The Morgan fingerprint density at radius 1 is 1.44 bits per heavy atom. The van der Waals surface area contributed by atoms with Crippen LogP contribution in [0.5, 0.6) is 0 Å². The molecule has 2 N–H and O–H groups in total. The highest BCUT2D eigenvalue weighted by molar-refractivity contribution is 9.10. The van der Waals surface area contributed by atoms with Crippen molar-refractivity contribution in [3.8, 4) is 0 Å². The van der Waals surface area contributed by atoms with Gasteiger partial charge in [-0.1, -0.05) is 27.5 Å². The summed E-state index contributed by atoms with van der Waals surface area (Å²) in [5, 5.41) is 0.449. The van der Waals surface area contributed by atoms with Crippen LogP contribution in [0.2, 0.25) is 5.02 Å². The van der Waals surface area contributed by atoms with E-state index >= 15 is 0 Å². The molecule has 0 spiro atoms. The van der Waals surface area contributed by atoms with Crippen molar-refractivity contribution in [3.63, 3.8) is 0 Å². The molecule has 0 radical (unpaired) electrons. The van der Waals surface area contributed by atoms with Crippen LogP contribution in [0.3, 0.4) is 0 Å². The number of rotatable bonds is 3. The Hall–Kier alpha value is -1.07. The van der Waals surface area contributed by atoms with E-state index in [0.717, 1.165) is 0 Å². The molecule has 0 fully saturated rings. The lowest BCUT2D eigenvalue weighted by Crippen LogP contribution is -2.35. The van der Waals surface area contributed by atoms with Crippen LogP contribution in [0.1, 0.15) is 10.4 Å². The number of carbonyl (C=O) groups is 2. The highest BCUT2D eigenvalue weighted by Crippen LogP contribution is 2.20. The highest BCUT2D eigenvalue weighted by Gasteiger charge is 2.14. The molecule has 4 nitrogen and oxygen atoms in total. The monoisotopic (exact) mass is 304 g/mol. The number of amides is 2. The van der Waals surface area contributed by atoms with Crippen molar-refractivity contribution in [3.05, 3.63) is 33.3 Å². The largest absolute Gasteiger partial charge is 0.368 e. The third-order valence-electron chi connectivity index (χ3n) is 1.85. The first kappa shape index (κ1) is 13.0. The van der Waals surface area contributed by atoms with E-state index in [1.807, 2.05) is 0 Å². The Kier molecular flexibility index (Phi) is 4.32. The number of nitrogens with two attached hydrogens (primary N) is 1. The molecule has 0 aliphatic rings. The Balaban J connectivity index is 2.91. The fourth-order valence-electron chi connectivity index (χ4n) is 1.20. The van der Waals surface area contributed by atoms with E-state index in [1.54, 1.807) is 12.1 Å². The molecule has 1 rings (SSSR count). The average Bonchev–Trinajstić information content (AvgIpc) is 2.13. The number of primary amides is 1. The fraction of sp³-hybridized carbons (Fsp3) is 0.200. The van der Waals surface area contributed by atoms with Gasteiger partial charge in [0.1, 0.15) is 0 Å². The molecular formula is C10H10BrClN2O2. The van der Waals surface area contributed by atoms with E-state index in [1.165, 1.54) is 18.0 Å². The summed E-state index contributed by atoms with van der Waals surface area (Å²) in [7, 11) is 1.50. The van der Waals surface area contributed by atoms with Gasteiger partial charge in [-0.2, -0.15) is 0 Å². The van der Waals surface area contributed by atoms with Crippen LogP contribution in [0.25, 0.3) is 0 Å². The summed E-state index contributed by atoms with van der Waals surface area (Å²) in [4.78, 5) is 23.7. The summed E-state index contributed by atoms with van der Waals surface area (Å²) >= 11 is 9.05. The molecule has 16 heavy (non-hydrogen) atoms. The van der Waals surface area contributed by atoms with Gasteiger partial charge in [0.05, 0.1) is 6.54 Å². The van der Waals surface area contributed by atoms with Gasteiger partial charge in [0.15, 0.2) is 0 Å². The van der Waals surface area contributed by atoms with Gasteiger partial charge < -0.3 is 10.6 Å². The Bertz CT molecular complexity index is 417. The van der Waals surface area contributed by atoms with Crippen molar-refractivity contribution in [2.45, 2.75) is 0 Å². The third-order valence-corrected chi connectivity index (χ3v) is 2.53. The second kappa shape index (κ2) is 5.32. The highest BCUT2D eigenvalue weighted by atomic mass is 79.9. The second-order valence-corrected chi connectivity index (χ2v) is 4.64. The molecule has 86 valence electrons. The molecule has 0 aliphatic carbocycles. The predicted octanol–water partition coefficient (Wildman–Crippen LogP) is 1.66. The van der Waals surface area contributed by atoms with E-state index in [4.69, 9.17) is 17.3 Å². The second-order valence-electron chi connectivity index (χ2n) is 3.29. The smallest absolute Gasteiger partial charge is 0.254 e. The zero-order valence-corrected chi connectivity index (χ0v) is 10.9. The van der Waals surface area contributed by atoms with E-state index in [-0.39, 0.29) is 12.5 Å². The first-order chi connectivity index (χ1) is 7.40. The van der Waals surface area contributed by atoms with Gasteiger partial charge in [-0.05, 0) is 18.2 Å². The molecule has 0 bridgehead atoms. The van der Waals surface area contributed by atoms with E-state index in [0.29, 0.717) is 15.1 Å². The first-order valence-corrected chi connectivity index (χ1v) is 5.57. The van der Waals surface area contributed by atoms with Gasteiger partial charge in [0, 0.05) is 22.1 Å². The summed E-state index contributed by atoms with van der Waals surface area (Å²) in [6.45, 7) is -0.122. The van der Waals surface area contributed by atoms with Gasteiger partial charge >= 0.3 is 0 Å². The molecule has 0 heterocycles. The van der Waals surface area contributed by atoms with Crippen LogP contribution >= 0.6 is 27.5 Å². The standard InChI is InChI=1S/C10H10BrClN2O2/c1-14(5-9(13)15)10(16)6-2-7(11)4-8(12)3-6/h2-4H,5H2,1H3,(H2,13,15). The van der Waals surface area contributed by atoms with Crippen LogP contribution in [0, 0.1) is 0 Å². The van der Waals surface area contributed by atoms with Crippen molar-refractivity contribution < 1.29 is 9.59 Å². The number of hydrogen-bond acceptors (Lipinski definition) is 2. The lowest BCUT2D eigenvalue weighted by atomic mass is 10.2. The number of halogens is 2. The number of benzene rings is 1. The van der Waals surface area contributed by atoms with Gasteiger partial charge in [-0.25, -0.2) is 0 Å². The van der Waals surface area contributed by atoms with Crippen LogP contribution < -0.4 is 5.73 Å². The zero-order chi connectivity index (χ0) is 12.3. The minimum Gasteiger partial charge on any atom is -0.368 e. The Morgan fingerprint density at radius 3 is 2.56 bits per heavy atom. The maximum atomic E-state index is 11.8. The van der Waals surface area contributed by atoms with Crippen LogP contribution in [-0.4, -0.2) is 30.3 Å². The van der Waals surface area contributed by atoms with Gasteiger partial charge in [0.2, 0.25) is 5.91 Å². The lowest BCUT2D eigenvalue weighted by Gasteiger charge is -2.15. The molecule has 6 heteroatoms. The molecule has 0 saturated carbocycles. The van der Waals surface area contributed by atoms with Crippen molar-refractivity contribution in [2.75, 3.05) is 13.6 Å². The van der Waals surface area contributed by atoms with Crippen LogP contribution in [-0.2, 0) is 4.79 Å². The third kappa shape index (κ3) is 3.50. The molecule has 0 aromatic heterocycles. The summed E-state index contributed by atoms with van der Waals surface area (Å²) in [6.07, 6.45) is 0. The first-order valence-electron chi connectivity index (χ1n) is 4.40. The van der Waals surface area contributed by atoms with Crippen molar-refractivity contribution in [2.24, 2.45) is 5.73 Å². The molecule has 0 aliphatic heterocycles. The van der Waals surface area contributed by atoms with E-state index in [2.05, 4.69) is 15.9 Å². The quantitative estimate of drug-likeness (QED) is 0.923. The van der Waals surface area contributed by atoms with Crippen molar-refractivity contribution in [1.82, 2.24) is 4.90 Å². The van der Waals surface area contributed by atoms with Gasteiger partial charge in [0.25, 0.3) is 5.91 Å². The zero-order valence-electron chi connectivity index (χ0n) is 8.54. The SMILES string of the molecule is CN(CC(N)=O)C(=O)c1cc(Cl)cc(Br)c1. The minimum atomic E-state index is -0.558. The number of likely N-dealkylation sites (N-methyl/N-ethyl adjacent to an activating group) is 1. The van der Waals surface area contributed by atoms with E-state index in [9.17, 15) is 9.59 Å². The predicted molar refractivity (Wildman–Crippen MR) is 65.3 cm³/mol. The summed E-state index contributed by atoms with van der Waals surface area (Å²) in [6, 6.07) is 4.84. The number of hydrogen-bond donors (Lipinski definition) is 1. The minimum absolute atomic E-state index is 0.122. The topological polar surface area (TPSA) is 63.4 Å². The number of carbonyl (C=O) groups excluding carboxylic acids is 2. The molecule has 0 unspecified atom stereocenters. The molecule has 2 amide bonds. The molecular weight excluding hydrogens is 295 g/mol. The van der Waals surface area contributed by atoms with E-state index < -0.39 is 5.91 Å². The molecule has 0 saturated heterocycles. The summed E-state index contributed by atoms with van der Waals surface area (Å²) < 4.78 is 0.704.